The molecule has 4 rings (SSSR count). The van der Waals surface area contributed by atoms with Gasteiger partial charge >= 0.3 is 6.18 Å². The molecular formula is C19H15F3N4O. The first kappa shape index (κ1) is 17.3. The third kappa shape index (κ3) is 2.77. The highest BCUT2D eigenvalue weighted by Crippen LogP contribution is 2.35. The molecule has 0 aliphatic heterocycles. The number of nitrogens with zero attached hydrogens (tertiary/aromatic N) is 4. The van der Waals surface area contributed by atoms with E-state index in [2.05, 4.69) is 15.1 Å². The number of aryl methyl sites for hydroxylation is 2. The molecule has 0 aliphatic rings. The maximum absolute atomic E-state index is 13.1. The predicted octanol–water partition coefficient (Wildman–Crippen LogP) is 5.00. The fraction of sp³-hybridized carbons (Fsp3) is 0.211. The minimum absolute atomic E-state index is 0.407. The number of alkyl halides is 3. The van der Waals surface area contributed by atoms with E-state index in [1.54, 1.807) is 25.3 Å². The molecule has 0 amide bonds. The van der Waals surface area contributed by atoms with Crippen LogP contribution < -0.4 is 0 Å². The molecule has 27 heavy (non-hydrogen) atoms. The molecule has 0 saturated heterocycles. The van der Waals surface area contributed by atoms with Gasteiger partial charge in [0.25, 0.3) is 0 Å². The average Bonchev–Trinajstić information content (AvgIpc) is 3.16. The van der Waals surface area contributed by atoms with Crippen molar-refractivity contribution in [2.75, 3.05) is 0 Å². The fourth-order valence-electron chi connectivity index (χ4n) is 3.21. The molecule has 0 radical (unpaired) electrons. The number of aromatic nitrogens is 4. The van der Waals surface area contributed by atoms with E-state index in [1.165, 1.54) is 6.07 Å². The number of benzene rings is 1. The molecule has 3 heterocycles. The van der Waals surface area contributed by atoms with Crippen LogP contribution in [0.3, 0.4) is 0 Å². The van der Waals surface area contributed by atoms with Crippen LogP contribution in [0.15, 0.2) is 41.1 Å². The minimum Gasteiger partial charge on any atom is -0.339 e. The molecule has 5 nitrogen and oxygen atoms in total. The summed E-state index contributed by atoms with van der Waals surface area (Å²) in [5.74, 6) is 0.833. The van der Waals surface area contributed by atoms with Crippen molar-refractivity contribution < 1.29 is 17.7 Å². The van der Waals surface area contributed by atoms with Crippen molar-refractivity contribution in [1.82, 2.24) is 19.5 Å². The van der Waals surface area contributed by atoms with E-state index in [9.17, 15) is 13.2 Å². The van der Waals surface area contributed by atoms with Crippen molar-refractivity contribution in [2.24, 2.45) is 0 Å². The maximum Gasteiger partial charge on any atom is 0.416 e. The molecule has 0 fully saturated rings. The monoisotopic (exact) mass is 372 g/mol. The highest BCUT2D eigenvalue weighted by Gasteiger charge is 2.30. The van der Waals surface area contributed by atoms with Crippen molar-refractivity contribution in [3.63, 3.8) is 0 Å². The summed E-state index contributed by atoms with van der Waals surface area (Å²) in [6, 6.07) is 6.95. The van der Waals surface area contributed by atoms with Gasteiger partial charge in [0.1, 0.15) is 5.65 Å². The summed E-state index contributed by atoms with van der Waals surface area (Å²) in [4.78, 5) is 8.70. The Morgan fingerprint density at radius 1 is 1.07 bits per heavy atom. The molecule has 3 aromatic heterocycles. The minimum atomic E-state index is -4.41. The number of halogens is 3. The zero-order valence-electron chi connectivity index (χ0n) is 14.8. The van der Waals surface area contributed by atoms with Gasteiger partial charge < -0.3 is 4.52 Å². The third-order valence-electron chi connectivity index (χ3n) is 4.60. The molecule has 1 aromatic carbocycles. The van der Waals surface area contributed by atoms with Crippen LogP contribution in [0.2, 0.25) is 0 Å². The molecule has 0 N–H and O–H groups in total. The number of fused-ring (bicyclic) bond motifs is 1. The first-order valence-electron chi connectivity index (χ1n) is 8.22. The molecule has 0 spiro atoms. The van der Waals surface area contributed by atoms with E-state index in [1.807, 2.05) is 18.2 Å². The van der Waals surface area contributed by atoms with Crippen LogP contribution in [0.1, 0.15) is 22.7 Å². The van der Waals surface area contributed by atoms with Gasteiger partial charge in [0.05, 0.1) is 16.8 Å². The largest absolute Gasteiger partial charge is 0.416 e. The van der Waals surface area contributed by atoms with Crippen LogP contribution >= 0.6 is 0 Å². The van der Waals surface area contributed by atoms with Gasteiger partial charge in [-0.2, -0.15) is 18.2 Å². The standard InChI is InChI=1S/C19H15F3N4O/c1-10-11(2)26-15(13-5-4-6-14(9-13)19(20,21)22)7-8-23-18(26)16(10)17-24-12(3)27-25-17/h4-9H,1-3H3. The molecular weight excluding hydrogens is 357 g/mol. The van der Waals surface area contributed by atoms with E-state index in [4.69, 9.17) is 4.52 Å². The molecule has 0 unspecified atom stereocenters. The summed E-state index contributed by atoms with van der Waals surface area (Å²) in [7, 11) is 0. The van der Waals surface area contributed by atoms with Gasteiger partial charge in [-0.15, -0.1) is 0 Å². The maximum atomic E-state index is 13.1. The van der Waals surface area contributed by atoms with Crippen LogP contribution in [-0.2, 0) is 6.18 Å². The van der Waals surface area contributed by atoms with E-state index in [0.717, 1.165) is 23.4 Å². The molecule has 138 valence electrons. The Balaban J connectivity index is 1.99. The normalized spacial score (nSPS) is 12.1. The smallest absolute Gasteiger partial charge is 0.339 e. The number of hydrogen-bond acceptors (Lipinski definition) is 4. The van der Waals surface area contributed by atoms with Crippen molar-refractivity contribution in [3.8, 4) is 22.6 Å². The van der Waals surface area contributed by atoms with E-state index < -0.39 is 11.7 Å². The van der Waals surface area contributed by atoms with E-state index >= 15 is 0 Å². The van der Waals surface area contributed by atoms with Gasteiger partial charge in [-0.25, -0.2) is 4.98 Å². The quantitative estimate of drug-likeness (QED) is 0.497. The second-order valence-electron chi connectivity index (χ2n) is 6.29. The van der Waals surface area contributed by atoms with Crippen LogP contribution in [0.4, 0.5) is 13.2 Å². The Bertz CT molecular complexity index is 1160. The van der Waals surface area contributed by atoms with Crippen molar-refractivity contribution in [2.45, 2.75) is 26.9 Å². The van der Waals surface area contributed by atoms with Gasteiger partial charge in [-0.05, 0) is 43.2 Å². The summed E-state index contributed by atoms with van der Waals surface area (Å²) in [5, 5.41) is 3.97. The van der Waals surface area contributed by atoms with E-state index in [0.29, 0.717) is 34.2 Å². The van der Waals surface area contributed by atoms with Gasteiger partial charge in [0.2, 0.25) is 11.7 Å². The lowest BCUT2D eigenvalue weighted by Gasteiger charge is -2.11. The topological polar surface area (TPSA) is 56.2 Å². The fourth-order valence-corrected chi connectivity index (χ4v) is 3.21. The Labute approximate surface area is 152 Å². The van der Waals surface area contributed by atoms with Crippen LogP contribution in [0.25, 0.3) is 28.3 Å². The number of rotatable bonds is 2. The highest BCUT2D eigenvalue weighted by atomic mass is 19.4. The lowest BCUT2D eigenvalue weighted by atomic mass is 10.1. The van der Waals surface area contributed by atoms with Gasteiger partial charge in [-0.3, -0.25) is 4.40 Å². The SMILES string of the molecule is Cc1nc(-c2c(C)c(C)n3c(-c4cccc(C(F)(F)F)c4)ccnc23)no1. The average molecular weight is 372 g/mol. The first-order chi connectivity index (χ1) is 12.8. The molecule has 0 atom stereocenters. The third-order valence-corrected chi connectivity index (χ3v) is 4.60. The zero-order valence-corrected chi connectivity index (χ0v) is 14.8. The molecule has 4 aromatic rings. The van der Waals surface area contributed by atoms with Crippen molar-refractivity contribution in [3.05, 3.63) is 59.2 Å². The van der Waals surface area contributed by atoms with Gasteiger partial charge in [-0.1, -0.05) is 17.3 Å². The zero-order chi connectivity index (χ0) is 19.3. The second kappa shape index (κ2) is 5.94. The summed E-state index contributed by atoms with van der Waals surface area (Å²) in [6.45, 7) is 5.48. The Morgan fingerprint density at radius 2 is 1.85 bits per heavy atom. The summed E-state index contributed by atoms with van der Waals surface area (Å²) >= 11 is 0. The molecule has 0 bridgehead atoms. The number of hydrogen-bond donors (Lipinski definition) is 0. The highest BCUT2D eigenvalue weighted by molar-refractivity contribution is 5.81. The van der Waals surface area contributed by atoms with Gasteiger partial charge in [0, 0.05) is 18.8 Å². The summed E-state index contributed by atoms with van der Waals surface area (Å²) in [5.41, 5.74) is 3.38. The summed E-state index contributed by atoms with van der Waals surface area (Å²) in [6.07, 6.45) is -2.84. The van der Waals surface area contributed by atoms with Crippen molar-refractivity contribution in [1.29, 1.82) is 0 Å². The lowest BCUT2D eigenvalue weighted by molar-refractivity contribution is -0.137. The van der Waals surface area contributed by atoms with E-state index in [-0.39, 0.29) is 0 Å². The molecule has 0 aliphatic carbocycles. The molecule has 0 saturated carbocycles. The van der Waals surface area contributed by atoms with Crippen LogP contribution in [-0.4, -0.2) is 19.5 Å². The Hall–Kier alpha value is -3.16. The Kier molecular flexibility index (Phi) is 3.80. The van der Waals surface area contributed by atoms with Gasteiger partial charge in [0.15, 0.2) is 0 Å². The van der Waals surface area contributed by atoms with Crippen LogP contribution in [0, 0.1) is 20.8 Å². The van der Waals surface area contributed by atoms with Crippen molar-refractivity contribution >= 4 is 5.65 Å². The summed E-state index contributed by atoms with van der Waals surface area (Å²) < 4.78 is 46.3. The Morgan fingerprint density at radius 3 is 2.52 bits per heavy atom. The predicted molar refractivity (Wildman–Crippen MR) is 93.1 cm³/mol. The lowest BCUT2D eigenvalue weighted by Crippen LogP contribution is -2.05. The molecule has 8 heteroatoms. The van der Waals surface area contributed by atoms with Crippen LogP contribution in [0.5, 0.6) is 0 Å². The first-order valence-corrected chi connectivity index (χ1v) is 8.22. The second-order valence-corrected chi connectivity index (χ2v) is 6.29.